The Kier molecular flexibility index (Phi) is 5.74. The number of fused-ring (bicyclic) bond motifs is 18. The van der Waals surface area contributed by atoms with Crippen LogP contribution in [-0.4, -0.2) is 0 Å². The Morgan fingerprint density at radius 3 is 1.06 bits per heavy atom. The molecule has 0 saturated carbocycles. The third-order valence-electron chi connectivity index (χ3n) is 13.4. The van der Waals surface area contributed by atoms with Crippen molar-refractivity contribution in [2.24, 2.45) is 0 Å². The summed E-state index contributed by atoms with van der Waals surface area (Å²) in [4.78, 5) is 0. The minimum absolute atomic E-state index is 0.120. The zero-order chi connectivity index (χ0) is 36.1. The van der Waals surface area contributed by atoms with E-state index in [0.29, 0.717) is 0 Å². The average molecular weight is 687 g/mol. The lowest BCUT2D eigenvalue weighted by molar-refractivity contribution is 0.652. The Labute approximate surface area is 315 Å². The van der Waals surface area contributed by atoms with Gasteiger partial charge in [-0.2, -0.15) is 0 Å². The van der Waals surface area contributed by atoms with Gasteiger partial charge in [-0.25, -0.2) is 0 Å². The van der Waals surface area contributed by atoms with Crippen molar-refractivity contribution in [3.63, 3.8) is 0 Å². The molecule has 0 atom stereocenters. The topological polar surface area (TPSA) is 0 Å². The van der Waals surface area contributed by atoms with Crippen molar-refractivity contribution in [1.82, 2.24) is 0 Å². The summed E-state index contributed by atoms with van der Waals surface area (Å²) in [6.07, 6.45) is 0. The van der Waals surface area contributed by atoms with Gasteiger partial charge in [0.05, 0.1) is 0 Å². The largest absolute Gasteiger partial charge is 0.0616 e. The van der Waals surface area contributed by atoms with Gasteiger partial charge in [0.25, 0.3) is 0 Å². The maximum Gasteiger partial charge on any atom is 0.0159 e. The lowest BCUT2D eigenvalue weighted by Crippen LogP contribution is -2.17. The summed E-state index contributed by atoms with van der Waals surface area (Å²) in [5.41, 5.74) is 13.5. The summed E-state index contributed by atoms with van der Waals surface area (Å²) >= 11 is 0. The highest BCUT2D eigenvalue weighted by Gasteiger charge is 2.42. The van der Waals surface area contributed by atoms with Crippen LogP contribution in [-0.2, 0) is 10.8 Å². The van der Waals surface area contributed by atoms with Crippen molar-refractivity contribution in [1.29, 1.82) is 0 Å². The second-order valence-electron chi connectivity index (χ2n) is 16.8. The van der Waals surface area contributed by atoms with Crippen LogP contribution in [0.3, 0.4) is 0 Å². The Hall–Kier alpha value is -6.24. The number of rotatable bonds is 1. The lowest BCUT2D eigenvalue weighted by Gasteiger charge is -2.24. The van der Waals surface area contributed by atoms with E-state index in [4.69, 9.17) is 0 Å². The van der Waals surface area contributed by atoms with Crippen LogP contribution in [0.1, 0.15) is 49.9 Å². The van der Waals surface area contributed by atoms with Gasteiger partial charge in [0, 0.05) is 10.8 Å². The van der Waals surface area contributed by atoms with Gasteiger partial charge in [-0.1, -0.05) is 149 Å². The zero-order valence-corrected chi connectivity index (χ0v) is 31.0. The molecular weight excluding hydrogens is 649 g/mol. The molecule has 54 heavy (non-hydrogen) atoms. The normalized spacial score (nSPS) is 15.0. The van der Waals surface area contributed by atoms with Crippen molar-refractivity contribution in [2.45, 2.75) is 38.5 Å². The fourth-order valence-corrected chi connectivity index (χ4v) is 10.6. The van der Waals surface area contributed by atoms with Crippen molar-refractivity contribution >= 4 is 64.6 Å². The molecule has 0 heteroatoms. The first kappa shape index (κ1) is 30.2. The van der Waals surface area contributed by atoms with Crippen molar-refractivity contribution < 1.29 is 0 Å². The van der Waals surface area contributed by atoms with E-state index in [0.717, 1.165) is 0 Å². The van der Waals surface area contributed by atoms with Crippen LogP contribution in [0, 0.1) is 0 Å². The van der Waals surface area contributed by atoms with Crippen LogP contribution in [0.5, 0.6) is 0 Å². The maximum atomic E-state index is 2.56. The summed E-state index contributed by atoms with van der Waals surface area (Å²) < 4.78 is 0. The van der Waals surface area contributed by atoms with Gasteiger partial charge < -0.3 is 0 Å². The van der Waals surface area contributed by atoms with E-state index < -0.39 is 0 Å². The highest BCUT2D eigenvalue weighted by molar-refractivity contribution is 6.27. The molecule has 0 heterocycles. The summed E-state index contributed by atoms with van der Waals surface area (Å²) in [6.45, 7) is 9.70. The van der Waals surface area contributed by atoms with Crippen molar-refractivity contribution in [3.05, 3.63) is 180 Å². The molecule has 10 aromatic carbocycles. The predicted molar refractivity (Wildman–Crippen MR) is 232 cm³/mol. The molecule has 2 aliphatic rings. The summed E-state index contributed by atoms with van der Waals surface area (Å²) in [6, 6.07) is 60.0. The molecule has 0 unspecified atom stereocenters. The summed E-state index contributed by atoms with van der Waals surface area (Å²) in [5, 5.41) is 15.9. The second kappa shape index (κ2) is 10.2. The van der Waals surface area contributed by atoms with Crippen LogP contribution in [0.2, 0.25) is 0 Å². The molecule has 2 aliphatic carbocycles. The molecule has 0 fully saturated rings. The van der Waals surface area contributed by atoms with Crippen LogP contribution < -0.4 is 0 Å². The maximum absolute atomic E-state index is 2.56. The molecule has 0 aliphatic heterocycles. The van der Waals surface area contributed by atoms with E-state index in [9.17, 15) is 0 Å². The van der Waals surface area contributed by atoms with Gasteiger partial charge in [-0.15, -0.1) is 0 Å². The molecule has 0 aromatic heterocycles. The number of benzene rings is 10. The average Bonchev–Trinajstić information content (AvgIpc) is 3.57. The lowest BCUT2D eigenvalue weighted by atomic mass is 9.79. The monoisotopic (exact) mass is 686 g/mol. The molecule has 254 valence electrons. The fraction of sp³-hybridized carbons (Fsp3) is 0.111. The molecule has 0 amide bonds. The molecule has 12 rings (SSSR count). The Morgan fingerprint density at radius 1 is 0.241 bits per heavy atom. The highest BCUT2D eigenvalue weighted by atomic mass is 14.4. The highest BCUT2D eigenvalue weighted by Crippen LogP contribution is 2.57. The number of hydrogen-bond donors (Lipinski definition) is 0. The SMILES string of the molecule is CC1(C)c2cc(-c3ccc4c5ccccc5c5ccccc5c4c3)ccc2-c2cc3c(cc21)-c1cc2c4ccccc4c4ccccc4c2cc1C3(C)C. The zero-order valence-electron chi connectivity index (χ0n) is 31.0. The minimum Gasteiger partial charge on any atom is -0.0616 e. The predicted octanol–water partition coefficient (Wildman–Crippen LogP) is 14.9. The van der Waals surface area contributed by atoms with Gasteiger partial charge in [-0.3, -0.25) is 0 Å². The first-order chi connectivity index (χ1) is 26.3. The van der Waals surface area contributed by atoms with Gasteiger partial charge in [-0.05, 0) is 157 Å². The van der Waals surface area contributed by atoms with Gasteiger partial charge >= 0.3 is 0 Å². The summed E-state index contributed by atoms with van der Waals surface area (Å²) in [7, 11) is 0. The van der Waals surface area contributed by atoms with Crippen molar-refractivity contribution in [3.8, 4) is 33.4 Å². The van der Waals surface area contributed by atoms with Crippen LogP contribution >= 0.6 is 0 Å². The molecule has 0 saturated heterocycles. The van der Waals surface area contributed by atoms with E-state index >= 15 is 0 Å². The van der Waals surface area contributed by atoms with E-state index in [2.05, 4.69) is 185 Å². The molecule has 0 nitrogen and oxygen atoms in total. The van der Waals surface area contributed by atoms with E-state index in [-0.39, 0.29) is 10.8 Å². The molecule has 0 bridgehead atoms. The van der Waals surface area contributed by atoms with Gasteiger partial charge in [0.1, 0.15) is 0 Å². The van der Waals surface area contributed by atoms with E-state index in [1.807, 2.05) is 0 Å². The Balaban J connectivity index is 1.03. The van der Waals surface area contributed by atoms with Crippen LogP contribution in [0.15, 0.2) is 158 Å². The van der Waals surface area contributed by atoms with E-state index in [1.165, 1.54) is 120 Å². The molecule has 0 N–H and O–H groups in total. The Bertz CT molecular complexity index is 3280. The van der Waals surface area contributed by atoms with Crippen LogP contribution in [0.4, 0.5) is 0 Å². The molecule has 10 aromatic rings. The molecule has 0 spiro atoms. The van der Waals surface area contributed by atoms with Crippen LogP contribution in [0.25, 0.3) is 98.0 Å². The van der Waals surface area contributed by atoms with E-state index in [1.54, 1.807) is 0 Å². The standard InChI is InChI=1S/C54H38/c1-53(2)49-26-32(31-21-23-41-37-17-6-5-13-33(37)34-14-7-10-18-38(34)43(41)25-31)22-24-42(49)47-29-52-48(30-51(47)53)46-27-44-39-19-11-8-15-35(39)36-16-9-12-20-40(36)45(44)28-50(46)54(52,3)4/h5-30H,1-4H3. The molecular formula is C54H38. The second-order valence-corrected chi connectivity index (χ2v) is 16.8. The quantitative estimate of drug-likeness (QED) is 0.151. The van der Waals surface area contributed by atoms with Gasteiger partial charge in [0.2, 0.25) is 0 Å². The third kappa shape index (κ3) is 3.78. The minimum atomic E-state index is -0.137. The summed E-state index contributed by atoms with van der Waals surface area (Å²) in [5.74, 6) is 0. The first-order valence-electron chi connectivity index (χ1n) is 19.3. The van der Waals surface area contributed by atoms with Gasteiger partial charge in [0.15, 0.2) is 0 Å². The number of hydrogen-bond acceptors (Lipinski definition) is 0. The molecule has 0 radical (unpaired) electrons. The van der Waals surface area contributed by atoms with Crippen molar-refractivity contribution in [2.75, 3.05) is 0 Å². The third-order valence-corrected chi connectivity index (χ3v) is 13.4. The first-order valence-corrected chi connectivity index (χ1v) is 19.3. The fourth-order valence-electron chi connectivity index (χ4n) is 10.6. The Morgan fingerprint density at radius 2 is 0.556 bits per heavy atom. The smallest absolute Gasteiger partial charge is 0.0159 e.